The Bertz CT molecular complexity index is 694. The van der Waals surface area contributed by atoms with Crippen molar-refractivity contribution in [3.8, 4) is 0 Å². The zero-order valence-corrected chi connectivity index (χ0v) is 11.9. The lowest BCUT2D eigenvalue weighted by Crippen LogP contribution is -2.38. The van der Waals surface area contributed by atoms with E-state index in [1.54, 1.807) is 0 Å². The molecule has 114 valence electrons. The average Bonchev–Trinajstić information content (AvgIpc) is 2.36. The molecule has 21 heavy (non-hydrogen) atoms. The van der Waals surface area contributed by atoms with E-state index in [-0.39, 0.29) is 12.0 Å². The quantitative estimate of drug-likeness (QED) is 0.799. The van der Waals surface area contributed by atoms with Crippen molar-refractivity contribution in [1.29, 1.82) is 0 Å². The summed E-state index contributed by atoms with van der Waals surface area (Å²) >= 11 is 0. The SMILES string of the molecule is O=S1(=O)C2C=C(c3cnccc3C(F)(F)F)CC1CCC2. The predicted molar refractivity (Wildman–Crippen MR) is 72.2 cm³/mol. The molecule has 1 aromatic rings. The van der Waals surface area contributed by atoms with E-state index in [4.69, 9.17) is 0 Å². The Morgan fingerprint density at radius 2 is 2.00 bits per heavy atom. The first-order valence-electron chi connectivity index (χ1n) is 6.75. The topological polar surface area (TPSA) is 47.0 Å². The molecule has 1 fully saturated rings. The van der Waals surface area contributed by atoms with Gasteiger partial charge in [0.1, 0.15) is 0 Å². The minimum Gasteiger partial charge on any atom is -0.264 e. The second-order valence-corrected chi connectivity index (χ2v) is 7.95. The Morgan fingerprint density at radius 3 is 2.67 bits per heavy atom. The molecule has 2 unspecified atom stereocenters. The van der Waals surface area contributed by atoms with Gasteiger partial charge in [-0.3, -0.25) is 4.98 Å². The molecule has 2 bridgehead atoms. The summed E-state index contributed by atoms with van der Waals surface area (Å²) in [5.41, 5.74) is -0.280. The van der Waals surface area contributed by atoms with Crippen molar-refractivity contribution in [3.63, 3.8) is 0 Å². The maximum Gasteiger partial charge on any atom is 0.417 e. The van der Waals surface area contributed by atoms with Crippen LogP contribution in [0.1, 0.15) is 36.8 Å². The molecule has 3 rings (SSSR count). The van der Waals surface area contributed by atoms with Gasteiger partial charge in [0.2, 0.25) is 0 Å². The highest BCUT2D eigenvalue weighted by molar-refractivity contribution is 7.93. The van der Waals surface area contributed by atoms with Crippen molar-refractivity contribution in [2.24, 2.45) is 0 Å². The molecule has 0 spiro atoms. The summed E-state index contributed by atoms with van der Waals surface area (Å²) in [6, 6.07) is 0.940. The van der Waals surface area contributed by atoms with Crippen LogP contribution in [-0.2, 0) is 16.0 Å². The van der Waals surface area contributed by atoms with Gasteiger partial charge in [-0.05, 0) is 30.9 Å². The summed E-state index contributed by atoms with van der Waals surface area (Å²) in [6.45, 7) is 0. The summed E-state index contributed by atoms with van der Waals surface area (Å²) in [7, 11) is -3.23. The molecule has 3 heterocycles. The highest BCUT2D eigenvalue weighted by atomic mass is 32.2. The molecule has 0 aliphatic carbocycles. The van der Waals surface area contributed by atoms with Crippen LogP contribution in [0.4, 0.5) is 13.2 Å². The number of rotatable bonds is 1. The van der Waals surface area contributed by atoms with E-state index >= 15 is 0 Å². The number of pyridine rings is 1. The number of allylic oxidation sites excluding steroid dienone is 1. The predicted octanol–water partition coefficient (Wildman–Crippen LogP) is 3.22. The van der Waals surface area contributed by atoms with Crippen molar-refractivity contribution in [2.75, 3.05) is 0 Å². The van der Waals surface area contributed by atoms with Crippen LogP contribution >= 0.6 is 0 Å². The van der Waals surface area contributed by atoms with Gasteiger partial charge in [0.15, 0.2) is 9.84 Å². The third-order valence-corrected chi connectivity index (χ3v) is 6.76. The highest BCUT2D eigenvalue weighted by Crippen LogP contribution is 2.42. The standard InChI is InChI=1S/C14H14F3NO2S/c15-14(16,17)13-4-5-18-8-12(13)9-6-10-2-1-3-11(7-9)21(10,19)20/h4-6,8,10-11H,1-3,7H2. The second kappa shape index (κ2) is 4.83. The Morgan fingerprint density at radius 1 is 1.24 bits per heavy atom. The first-order chi connectivity index (χ1) is 9.80. The number of aromatic nitrogens is 1. The minimum absolute atomic E-state index is 0.0109. The molecule has 2 aliphatic rings. The van der Waals surface area contributed by atoms with Gasteiger partial charge in [-0.2, -0.15) is 13.2 Å². The monoisotopic (exact) mass is 317 g/mol. The van der Waals surface area contributed by atoms with Crippen LogP contribution in [0.2, 0.25) is 0 Å². The lowest BCUT2D eigenvalue weighted by atomic mass is 9.91. The van der Waals surface area contributed by atoms with Crippen LogP contribution < -0.4 is 0 Å². The van der Waals surface area contributed by atoms with Crippen LogP contribution in [-0.4, -0.2) is 23.9 Å². The van der Waals surface area contributed by atoms with Crippen LogP contribution in [0.25, 0.3) is 5.57 Å². The lowest BCUT2D eigenvalue weighted by Gasteiger charge is -2.33. The average molecular weight is 317 g/mol. The molecule has 0 saturated carbocycles. The van der Waals surface area contributed by atoms with Crippen LogP contribution in [0.3, 0.4) is 0 Å². The Balaban J connectivity index is 2.09. The fourth-order valence-electron chi connectivity index (χ4n) is 3.15. The van der Waals surface area contributed by atoms with Crippen LogP contribution in [0, 0.1) is 0 Å². The maximum atomic E-state index is 13.1. The fourth-order valence-corrected chi connectivity index (χ4v) is 5.40. The van der Waals surface area contributed by atoms with Gasteiger partial charge >= 0.3 is 6.18 Å². The first-order valence-corrected chi connectivity index (χ1v) is 8.36. The molecule has 0 amide bonds. The summed E-state index contributed by atoms with van der Waals surface area (Å²) in [4.78, 5) is 3.77. The molecular formula is C14H14F3NO2S. The van der Waals surface area contributed by atoms with Crippen LogP contribution in [0.15, 0.2) is 24.5 Å². The number of hydrogen-bond acceptors (Lipinski definition) is 3. The molecule has 2 aliphatic heterocycles. The van der Waals surface area contributed by atoms with Gasteiger partial charge in [-0.15, -0.1) is 0 Å². The number of fused-ring (bicyclic) bond motifs is 2. The Labute approximate surface area is 120 Å². The van der Waals surface area contributed by atoms with E-state index in [0.717, 1.165) is 18.7 Å². The summed E-state index contributed by atoms with van der Waals surface area (Å²) in [5, 5.41) is -1.21. The molecule has 0 N–H and O–H groups in total. The third-order valence-electron chi connectivity index (χ3n) is 4.21. The summed E-state index contributed by atoms with van der Waals surface area (Å²) in [5.74, 6) is 0. The molecule has 0 radical (unpaired) electrons. The number of nitrogens with zero attached hydrogens (tertiary/aromatic N) is 1. The van der Waals surface area contributed by atoms with E-state index in [1.165, 1.54) is 12.3 Å². The first kappa shape index (κ1) is 14.6. The molecule has 7 heteroatoms. The van der Waals surface area contributed by atoms with Crippen molar-refractivity contribution in [3.05, 3.63) is 35.7 Å². The largest absolute Gasteiger partial charge is 0.417 e. The van der Waals surface area contributed by atoms with Gasteiger partial charge in [0.05, 0.1) is 16.1 Å². The van der Waals surface area contributed by atoms with Crippen molar-refractivity contribution in [2.45, 2.75) is 42.4 Å². The molecular weight excluding hydrogens is 303 g/mol. The maximum absolute atomic E-state index is 13.1. The molecule has 1 aromatic heterocycles. The zero-order valence-electron chi connectivity index (χ0n) is 11.1. The van der Waals surface area contributed by atoms with E-state index in [9.17, 15) is 21.6 Å². The number of sulfone groups is 1. The van der Waals surface area contributed by atoms with Gasteiger partial charge in [-0.25, -0.2) is 8.42 Å². The molecule has 2 atom stereocenters. The van der Waals surface area contributed by atoms with E-state index in [1.807, 2.05) is 0 Å². The van der Waals surface area contributed by atoms with E-state index < -0.39 is 32.1 Å². The number of halogens is 3. The normalized spacial score (nSPS) is 28.0. The number of alkyl halides is 3. The third kappa shape index (κ3) is 2.47. The van der Waals surface area contributed by atoms with Gasteiger partial charge in [0.25, 0.3) is 0 Å². The van der Waals surface area contributed by atoms with Gasteiger partial charge in [-0.1, -0.05) is 12.5 Å². The summed E-state index contributed by atoms with van der Waals surface area (Å²) in [6.07, 6.45) is 1.28. The van der Waals surface area contributed by atoms with Crippen molar-refractivity contribution >= 4 is 15.4 Å². The van der Waals surface area contributed by atoms with Gasteiger partial charge in [0, 0.05) is 18.0 Å². The van der Waals surface area contributed by atoms with Crippen LogP contribution in [0.5, 0.6) is 0 Å². The number of hydrogen-bond donors (Lipinski definition) is 0. The van der Waals surface area contributed by atoms with Gasteiger partial charge < -0.3 is 0 Å². The highest BCUT2D eigenvalue weighted by Gasteiger charge is 2.42. The minimum atomic E-state index is -4.47. The lowest BCUT2D eigenvalue weighted by molar-refractivity contribution is -0.137. The second-order valence-electron chi connectivity index (χ2n) is 5.50. The summed E-state index contributed by atoms with van der Waals surface area (Å²) < 4.78 is 63.6. The smallest absolute Gasteiger partial charge is 0.264 e. The zero-order chi connectivity index (χ0) is 15.3. The Kier molecular flexibility index (Phi) is 3.35. The van der Waals surface area contributed by atoms with E-state index in [0.29, 0.717) is 18.4 Å². The molecule has 3 nitrogen and oxygen atoms in total. The molecule has 0 aromatic carbocycles. The van der Waals surface area contributed by atoms with E-state index in [2.05, 4.69) is 4.98 Å². The van der Waals surface area contributed by atoms with Crippen molar-refractivity contribution < 1.29 is 21.6 Å². The Hall–Kier alpha value is -1.37. The molecule has 1 saturated heterocycles. The fraction of sp³-hybridized carbons (Fsp3) is 0.500. The van der Waals surface area contributed by atoms with Crippen molar-refractivity contribution in [1.82, 2.24) is 4.98 Å².